The molecule has 1 aromatic carbocycles. The van der Waals surface area contributed by atoms with Crippen LogP contribution in [0.4, 0.5) is 0 Å². The quantitative estimate of drug-likeness (QED) is 0.848. The summed E-state index contributed by atoms with van der Waals surface area (Å²) >= 11 is 0. The van der Waals surface area contributed by atoms with Crippen molar-refractivity contribution >= 4 is 5.91 Å². The van der Waals surface area contributed by atoms with Crippen molar-refractivity contribution in [1.29, 1.82) is 0 Å². The number of piperidine rings is 1. The van der Waals surface area contributed by atoms with E-state index in [4.69, 9.17) is 0 Å². The Morgan fingerprint density at radius 1 is 1.39 bits per heavy atom. The number of carbonyl (C=O) groups is 1. The molecule has 0 bridgehead atoms. The first-order chi connectivity index (χ1) is 11.0. The molecular weight excluding hydrogens is 288 g/mol. The minimum absolute atomic E-state index is 0.00838. The van der Waals surface area contributed by atoms with Crippen LogP contribution in [0.5, 0.6) is 0 Å². The molecule has 1 heterocycles. The van der Waals surface area contributed by atoms with Crippen LogP contribution in [0.2, 0.25) is 0 Å². The van der Waals surface area contributed by atoms with Crippen molar-refractivity contribution in [1.82, 2.24) is 10.2 Å². The monoisotopic (exact) mass is 318 g/mol. The van der Waals surface area contributed by atoms with Gasteiger partial charge in [0.25, 0.3) is 5.91 Å². The standard InChI is InChI=1S/C19H30N2O2/c1-14(2)11-20-19(23)17-8-5-7-16(10-17)12-21-15(3)6-4-9-18(21)13-22/h5,7-8,10,14-15,18,22H,4,6,9,11-13H2,1-3H3,(H,20,23). The topological polar surface area (TPSA) is 52.6 Å². The number of nitrogens with one attached hydrogen (secondary N) is 1. The van der Waals surface area contributed by atoms with E-state index in [9.17, 15) is 9.90 Å². The molecule has 128 valence electrons. The van der Waals surface area contributed by atoms with Gasteiger partial charge in [-0.1, -0.05) is 32.4 Å². The normalized spacial score (nSPS) is 22.3. The predicted molar refractivity (Wildman–Crippen MR) is 93.3 cm³/mol. The third-order valence-electron chi connectivity index (χ3n) is 4.63. The summed E-state index contributed by atoms with van der Waals surface area (Å²) in [5, 5.41) is 12.6. The molecule has 0 aromatic heterocycles. The molecule has 2 atom stereocenters. The lowest BCUT2D eigenvalue weighted by Gasteiger charge is -2.40. The van der Waals surface area contributed by atoms with E-state index in [0.717, 1.165) is 18.5 Å². The van der Waals surface area contributed by atoms with Gasteiger partial charge in [0.15, 0.2) is 0 Å². The van der Waals surface area contributed by atoms with Crippen molar-refractivity contribution in [2.24, 2.45) is 5.92 Å². The zero-order valence-electron chi connectivity index (χ0n) is 14.6. The van der Waals surface area contributed by atoms with Gasteiger partial charge in [-0.25, -0.2) is 0 Å². The summed E-state index contributed by atoms with van der Waals surface area (Å²) in [7, 11) is 0. The third kappa shape index (κ3) is 5.05. The number of rotatable bonds is 6. The van der Waals surface area contributed by atoms with E-state index in [1.165, 1.54) is 12.8 Å². The van der Waals surface area contributed by atoms with Crippen LogP contribution in [0.25, 0.3) is 0 Å². The Bertz CT molecular complexity index is 516. The van der Waals surface area contributed by atoms with E-state index in [-0.39, 0.29) is 18.6 Å². The number of carbonyl (C=O) groups excluding carboxylic acids is 1. The summed E-state index contributed by atoms with van der Waals surface area (Å²) in [5.41, 5.74) is 1.85. The van der Waals surface area contributed by atoms with Gasteiger partial charge in [0.2, 0.25) is 0 Å². The zero-order valence-corrected chi connectivity index (χ0v) is 14.6. The van der Waals surface area contributed by atoms with Crippen molar-refractivity contribution in [2.45, 2.75) is 58.7 Å². The first kappa shape index (κ1) is 18.0. The van der Waals surface area contributed by atoms with Crippen molar-refractivity contribution in [3.63, 3.8) is 0 Å². The van der Waals surface area contributed by atoms with E-state index in [1.54, 1.807) is 0 Å². The van der Waals surface area contributed by atoms with E-state index in [2.05, 4.69) is 37.1 Å². The highest BCUT2D eigenvalue weighted by Gasteiger charge is 2.27. The molecule has 1 aliphatic heterocycles. The van der Waals surface area contributed by atoms with Crippen molar-refractivity contribution in [3.05, 3.63) is 35.4 Å². The Morgan fingerprint density at radius 2 is 2.17 bits per heavy atom. The molecule has 0 aliphatic carbocycles. The number of aliphatic hydroxyl groups is 1. The smallest absolute Gasteiger partial charge is 0.251 e. The molecule has 4 heteroatoms. The van der Waals surface area contributed by atoms with Crippen molar-refractivity contribution in [3.8, 4) is 0 Å². The molecule has 4 nitrogen and oxygen atoms in total. The SMILES string of the molecule is CC(C)CNC(=O)c1cccc(CN2C(C)CCCC2CO)c1. The zero-order chi connectivity index (χ0) is 16.8. The Hall–Kier alpha value is -1.39. The molecule has 2 N–H and O–H groups in total. The fraction of sp³-hybridized carbons (Fsp3) is 0.632. The number of nitrogens with zero attached hydrogens (tertiary/aromatic N) is 1. The van der Waals surface area contributed by atoms with Crippen LogP contribution in [0, 0.1) is 5.92 Å². The summed E-state index contributed by atoms with van der Waals surface area (Å²) in [6.45, 7) is 8.09. The Balaban J connectivity index is 2.05. The maximum Gasteiger partial charge on any atom is 0.251 e. The average Bonchev–Trinajstić information content (AvgIpc) is 2.54. The third-order valence-corrected chi connectivity index (χ3v) is 4.63. The summed E-state index contributed by atoms with van der Waals surface area (Å²) in [6, 6.07) is 8.56. The van der Waals surface area contributed by atoms with E-state index in [0.29, 0.717) is 24.1 Å². The highest BCUT2D eigenvalue weighted by atomic mass is 16.3. The number of amides is 1. The molecule has 0 radical (unpaired) electrons. The molecule has 1 fully saturated rings. The largest absolute Gasteiger partial charge is 0.395 e. The van der Waals surface area contributed by atoms with Crippen molar-refractivity contribution in [2.75, 3.05) is 13.2 Å². The van der Waals surface area contributed by atoms with Crippen LogP contribution >= 0.6 is 0 Å². The molecular formula is C19H30N2O2. The van der Waals surface area contributed by atoms with Crippen molar-refractivity contribution < 1.29 is 9.90 Å². The summed E-state index contributed by atoms with van der Waals surface area (Å²) in [5.74, 6) is 0.438. The summed E-state index contributed by atoms with van der Waals surface area (Å²) in [6.07, 6.45) is 3.40. The fourth-order valence-electron chi connectivity index (χ4n) is 3.24. The van der Waals surface area contributed by atoms with E-state index >= 15 is 0 Å². The lowest BCUT2D eigenvalue weighted by atomic mass is 9.96. The number of likely N-dealkylation sites (tertiary alicyclic amines) is 1. The molecule has 2 unspecified atom stereocenters. The number of hydrogen-bond acceptors (Lipinski definition) is 3. The molecule has 0 saturated carbocycles. The van der Waals surface area contributed by atoms with Crippen LogP contribution < -0.4 is 5.32 Å². The molecule has 23 heavy (non-hydrogen) atoms. The van der Waals surface area contributed by atoms with Crippen LogP contribution in [-0.4, -0.2) is 41.1 Å². The van der Waals surface area contributed by atoms with E-state index in [1.807, 2.05) is 18.2 Å². The number of hydrogen-bond donors (Lipinski definition) is 2. The molecule has 1 aromatic rings. The number of benzene rings is 1. The Labute approximate surface area is 139 Å². The van der Waals surface area contributed by atoms with Crippen LogP contribution in [-0.2, 0) is 6.54 Å². The van der Waals surface area contributed by atoms with Gasteiger partial charge < -0.3 is 10.4 Å². The second-order valence-corrected chi connectivity index (χ2v) is 7.09. The molecule has 1 aliphatic rings. The van der Waals surface area contributed by atoms with Gasteiger partial charge in [-0.15, -0.1) is 0 Å². The molecule has 1 amide bonds. The van der Waals surface area contributed by atoms with Gasteiger partial charge in [0, 0.05) is 30.7 Å². The van der Waals surface area contributed by atoms with Crippen LogP contribution in [0.1, 0.15) is 56.0 Å². The van der Waals surface area contributed by atoms with Gasteiger partial charge in [0.1, 0.15) is 0 Å². The summed E-state index contributed by atoms with van der Waals surface area (Å²) < 4.78 is 0. The van der Waals surface area contributed by atoms with Gasteiger partial charge >= 0.3 is 0 Å². The highest BCUT2D eigenvalue weighted by Crippen LogP contribution is 2.24. The van der Waals surface area contributed by atoms with Gasteiger partial charge in [0.05, 0.1) is 6.61 Å². The minimum Gasteiger partial charge on any atom is -0.395 e. The maximum atomic E-state index is 12.2. The van der Waals surface area contributed by atoms with Gasteiger partial charge in [-0.2, -0.15) is 0 Å². The molecule has 2 rings (SSSR count). The highest BCUT2D eigenvalue weighted by molar-refractivity contribution is 5.94. The minimum atomic E-state index is -0.00838. The predicted octanol–water partition coefficient (Wildman–Crippen LogP) is 2.81. The molecule has 1 saturated heterocycles. The maximum absolute atomic E-state index is 12.2. The Morgan fingerprint density at radius 3 is 2.87 bits per heavy atom. The lowest BCUT2D eigenvalue weighted by Crippen LogP contribution is -2.46. The fourth-order valence-corrected chi connectivity index (χ4v) is 3.24. The second-order valence-electron chi connectivity index (χ2n) is 7.09. The van der Waals surface area contributed by atoms with Crippen LogP contribution in [0.15, 0.2) is 24.3 Å². The van der Waals surface area contributed by atoms with Crippen LogP contribution in [0.3, 0.4) is 0 Å². The lowest BCUT2D eigenvalue weighted by molar-refractivity contribution is 0.0451. The van der Waals surface area contributed by atoms with E-state index < -0.39 is 0 Å². The van der Waals surface area contributed by atoms with Gasteiger partial charge in [-0.05, 0) is 43.4 Å². The first-order valence-electron chi connectivity index (χ1n) is 8.75. The second kappa shape index (κ2) is 8.46. The first-order valence-corrected chi connectivity index (χ1v) is 8.75. The summed E-state index contributed by atoms with van der Waals surface area (Å²) in [4.78, 5) is 14.6. The number of aliphatic hydroxyl groups excluding tert-OH is 1. The molecule has 0 spiro atoms. The Kier molecular flexibility index (Phi) is 6.60. The van der Waals surface area contributed by atoms with Gasteiger partial charge in [-0.3, -0.25) is 9.69 Å². The average molecular weight is 318 g/mol.